The van der Waals surface area contributed by atoms with Crippen LogP contribution in [0, 0.1) is 0 Å². The molecule has 2 rings (SSSR count). The molecule has 112 valence electrons. The first-order valence-corrected chi connectivity index (χ1v) is 7.27. The van der Waals surface area contributed by atoms with E-state index in [-0.39, 0.29) is 0 Å². The molecule has 0 spiro atoms. The number of nitrogens with one attached hydrogen (secondary N) is 1. The van der Waals surface area contributed by atoms with Crippen molar-refractivity contribution in [2.45, 2.75) is 19.8 Å². The SMILES string of the molecule is CCCC(=S)Nc1ccc(N(C)C)c(-c2nnnn2C)c1. The molecule has 0 radical (unpaired) electrons. The van der Waals surface area contributed by atoms with Crippen LogP contribution in [0.5, 0.6) is 0 Å². The Morgan fingerprint density at radius 1 is 1.38 bits per heavy atom. The Bertz CT molecular complexity index is 634. The van der Waals surface area contributed by atoms with Crippen LogP contribution in [0.15, 0.2) is 18.2 Å². The maximum absolute atomic E-state index is 5.32. The van der Waals surface area contributed by atoms with Crippen molar-refractivity contribution in [1.82, 2.24) is 20.2 Å². The van der Waals surface area contributed by atoms with Crippen LogP contribution in [0.3, 0.4) is 0 Å². The monoisotopic (exact) mass is 304 g/mol. The molecule has 0 saturated carbocycles. The van der Waals surface area contributed by atoms with E-state index in [1.54, 1.807) is 4.68 Å². The number of tetrazole rings is 1. The van der Waals surface area contributed by atoms with Crippen LogP contribution in [-0.2, 0) is 7.05 Å². The van der Waals surface area contributed by atoms with Crippen LogP contribution < -0.4 is 10.2 Å². The third-order valence-corrected chi connectivity index (χ3v) is 3.41. The Labute approximate surface area is 130 Å². The molecule has 0 aliphatic heterocycles. The van der Waals surface area contributed by atoms with Crippen molar-refractivity contribution in [3.63, 3.8) is 0 Å². The van der Waals surface area contributed by atoms with Gasteiger partial charge in [0, 0.05) is 38.1 Å². The minimum atomic E-state index is 0.726. The minimum absolute atomic E-state index is 0.726. The average Bonchev–Trinajstić information content (AvgIpc) is 2.84. The van der Waals surface area contributed by atoms with E-state index in [4.69, 9.17) is 12.2 Å². The lowest BCUT2D eigenvalue weighted by Gasteiger charge is -2.18. The summed E-state index contributed by atoms with van der Waals surface area (Å²) in [5, 5.41) is 15.0. The molecule has 7 heteroatoms. The maximum Gasteiger partial charge on any atom is 0.183 e. The number of rotatable bonds is 5. The first kappa shape index (κ1) is 15.4. The fourth-order valence-corrected chi connectivity index (χ4v) is 2.41. The number of hydrogen-bond donors (Lipinski definition) is 1. The van der Waals surface area contributed by atoms with Gasteiger partial charge in [0.25, 0.3) is 0 Å². The fraction of sp³-hybridized carbons (Fsp3) is 0.429. The smallest absolute Gasteiger partial charge is 0.183 e. The summed E-state index contributed by atoms with van der Waals surface area (Å²) in [7, 11) is 5.82. The van der Waals surface area contributed by atoms with Crippen LogP contribution in [-0.4, -0.2) is 39.3 Å². The van der Waals surface area contributed by atoms with Gasteiger partial charge in [0.15, 0.2) is 5.82 Å². The van der Waals surface area contributed by atoms with E-state index in [9.17, 15) is 0 Å². The Balaban J connectivity index is 2.40. The molecular weight excluding hydrogens is 284 g/mol. The number of aryl methyl sites for hydroxylation is 1. The van der Waals surface area contributed by atoms with Gasteiger partial charge in [-0.3, -0.25) is 0 Å². The normalized spacial score (nSPS) is 10.5. The first-order valence-electron chi connectivity index (χ1n) is 6.87. The standard InChI is InChI=1S/C14H20N6S/c1-5-6-13(21)15-10-7-8-12(19(2)3)11(9-10)14-16-17-18-20(14)4/h7-9H,5-6H2,1-4H3,(H,15,21). The summed E-state index contributed by atoms with van der Waals surface area (Å²) in [5.74, 6) is 0.726. The average molecular weight is 304 g/mol. The number of aromatic nitrogens is 4. The summed E-state index contributed by atoms with van der Waals surface area (Å²) in [6.45, 7) is 2.11. The Morgan fingerprint density at radius 3 is 2.71 bits per heavy atom. The first-order chi connectivity index (χ1) is 10.0. The molecule has 0 bridgehead atoms. The van der Waals surface area contributed by atoms with Crippen molar-refractivity contribution in [2.75, 3.05) is 24.3 Å². The zero-order valence-corrected chi connectivity index (χ0v) is 13.6. The number of nitrogens with zero attached hydrogens (tertiary/aromatic N) is 5. The van der Waals surface area contributed by atoms with Crippen molar-refractivity contribution in [1.29, 1.82) is 0 Å². The second-order valence-corrected chi connectivity index (χ2v) is 5.54. The molecule has 1 aromatic heterocycles. The van der Waals surface area contributed by atoms with Gasteiger partial charge in [-0.05, 0) is 41.5 Å². The predicted molar refractivity (Wildman–Crippen MR) is 89.7 cm³/mol. The molecule has 0 aliphatic rings. The van der Waals surface area contributed by atoms with Crippen LogP contribution in [0.2, 0.25) is 0 Å². The van der Waals surface area contributed by atoms with Gasteiger partial charge in [-0.1, -0.05) is 19.1 Å². The molecular formula is C14H20N6S. The number of hydrogen-bond acceptors (Lipinski definition) is 5. The van der Waals surface area contributed by atoms with Gasteiger partial charge in [0.05, 0.1) is 4.99 Å². The van der Waals surface area contributed by atoms with E-state index in [0.29, 0.717) is 0 Å². The lowest BCUT2D eigenvalue weighted by Crippen LogP contribution is -2.13. The molecule has 2 aromatic rings. The van der Waals surface area contributed by atoms with Crippen LogP contribution >= 0.6 is 12.2 Å². The minimum Gasteiger partial charge on any atom is -0.377 e. The zero-order valence-electron chi connectivity index (χ0n) is 12.8. The molecule has 1 aromatic carbocycles. The number of thiocarbonyl (C=S) groups is 1. The van der Waals surface area contributed by atoms with Crippen LogP contribution in [0.25, 0.3) is 11.4 Å². The van der Waals surface area contributed by atoms with E-state index < -0.39 is 0 Å². The third kappa shape index (κ3) is 3.55. The summed E-state index contributed by atoms with van der Waals surface area (Å²) in [6.07, 6.45) is 1.91. The highest BCUT2D eigenvalue weighted by Crippen LogP contribution is 2.30. The third-order valence-electron chi connectivity index (χ3n) is 3.10. The highest BCUT2D eigenvalue weighted by molar-refractivity contribution is 7.80. The highest BCUT2D eigenvalue weighted by atomic mass is 32.1. The molecule has 0 unspecified atom stereocenters. The van der Waals surface area contributed by atoms with E-state index in [1.165, 1.54) is 0 Å². The number of benzene rings is 1. The van der Waals surface area contributed by atoms with Crippen LogP contribution in [0.1, 0.15) is 19.8 Å². The van der Waals surface area contributed by atoms with Gasteiger partial charge in [0.1, 0.15) is 0 Å². The van der Waals surface area contributed by atoms with E-state index in [0.717, 1.165) is 40.6 Å². The molecule has 0 atom stereocenters. The second-order valence-electron chi connectivity index (χ2n) is 5.05. The Morgan fingerprint density at radius 2 is 2.14 bits per heavy atom. The van der Waals surface area contributed by atoms with Crippen LogP contribution in [0.4, 0.5) is 11.4 Å². The molecule has 1 heterocycles. The van der Waals surface area contributed by atoms with E-state index in [1.807, 2.05) is 44.2 Å². The lowest BCUT2D eigenvalue weighted by molar-refractivity contribution is 0.714. The van der Waals surface area contributed by atoms with E-state index >= 15 is 0 Å². The van der Waals surface area contributed by atoms with Crippen molar-refractivity contribution >= 4 is 28.6 Å². The molecule has 21 heavy (non-hydrogen) atoms. The van der Waals surface area contributed by atoms with Gasteiger partial charge in [-0.25, -0.2) is 4.68 Å². The van der Waals surface area contributed by atoms with Crippen molar-refractivity contribution < 1.29 is 0 Å². The molecule has 0 aliphatic carbocycles. The maximum atomic E-state index is 5.32. The quantitative estimate of drug-likeness (QED) is 0.856. The van der Waals surface area contributed by atoms with Gasteiger partial charge < -0.3 is 10.2 Å². The lowest BCUT2D eigenvalue weighted by atomic mass is 10.1. The summed E-state index contributed by atoms with van der Waals surface area (Å²) in [4.78, 5) is 2.88. The van der Waals surface area contributed by atoms with Crippen molar-refractivity contribution in [3.8, 4) is 11.4 Å². The van der Waals surface area contributed by atoms with Gasteiger partial charge in [-0.2, -0.15) is 0 Å². The molecule has 0 saturated heterocycles. The summed E-state index contributed by atoms with van der Waals surface area (Å²) in [5.41, 5.74) is 2.98. The second kappa shape index (κ2) is 6.62. The Kier molecular flexibility index (Phi) is 4.85. The van der Waals surface area contributed by atoms with Gasteiger partial charge >= 0.3 is 0 Å². The molecule has 0 amide bonds. The summed E-state index contributed by atoms with van der Waals surface area (Å²) in [6, 6.07) is 6.09. The topological polar surface area (TPSA) is 58.9 Å². The zero-order chi connectivity index (χ0) is 15.4. The van der Waals surface area contributed by atoms with E-state index in [2.05, 4.69) is 27.8 Å². The van der Waals surface area contributed by atoms with Crippen molar-refractivity contribution in [3.05, 3.63) is 18.2 Å². The summed E-state index contributed by atoms with van der Waals surface area (Å²) >= 11 is 5.32. The molecule has 0 fully saturated rings. The summed E-state index contributed by atoms with van der Waals surface area (Å²) < 4.78 is 1.66. The highest BCUT2D eigenvalue weighted by Gasteiger charge is 2.14. The molecule has 1 N–H and O–H groups in total. The Hall–Kier alpha value is -2.02. The molecule has 6 nitrogen and oxygen atoms in total. The largest absolute Gasteiger partial charge is 0.377 e. The number of anilines is 2. The fourth-order valence-electron chi connectivity index (χ4n) is 2.09. The van der Waals surface area contributed by atoms with Crippen molar-refractivity contribution in [2.24, 2.45) is 7.05 Å². The van der Waals surface area contributed by atoms with Gasteiger partial charge in [-0.15, -0.1) is 5.10 Å². The van der Waals surface area contributed by atoms with Gasteiger partial charge in [0.2, 0.25) is 0 Å². The predicted octanol–water partition coefficient (Wildman–Crippen LogP) is 2.48.